The molecule has 2 aromatic heterocycles. The van der Waals surface area contributed by atoms with E-state index in [0.717, 1.165) is 17.7 Å². The zero-order chi connectivity index (χ0) is 24.8. The van der Waals surface area contributed by atoms with Crippen LogP contribution in [0.25, 0.3) is 0 Å². The molecule has 9 nitrogen and oxygen atoms in total. The lowest BCUT2D eigenvalue weighted by Crippen LogP contribution is -2.53. The summed E-state index contributed by atoms with van der Waals surface area (Å²) >= 11 is 7.88. The lowest BCUT2D eigenvalue weighted by molar-refractivity contribution is -0.136. The summed E-state index contributed by atoms with van der Waals surface area (Å²) in [5.41, 5.74) is 3.67. The molecule has 3 aliphatic rings. The fraction of sp³-hybridized carbons (Fsp3) is 0.333. The first-order valence-corrected chi connectivity index (χ1v) is 12.7. The van der Waals surface area contributed by atoms with Crippen LogP contribution >= 0.6 is 22.9 Å². The van der Waals surface area contributed by atoms with E-state index in [1.807, 2.05) is 11.6 Å². The minimum atomic E-state index is -0.800. The molecular formula is C24H22ClFN6O3S. The second kappa shape index (κ2) is 9.40. The largest absolute Gasteiger partial charge is 0.466 e. The topological polar surface area (TPSA) is 105 Å². The summed E-state index contributed by atoms with van der Waals surface area (Å²) in [7, 11) is 1.33. The van der Waals surface area contributed by atoms with Gasteiger partial charge in [-0.15, -0.1) is 11.3 Å². The highest BCUT2D eigenvalue weighted by Gasteiger charge is 2.42. The Kier molecular flexibility index (Phi) is 6.08. The van der Waals surface area contributed by atoms with Crippen LogP contribution in [0.3, 0.4) is 0 Å². The van der Waals surface area contributed by atoms with E-state index in [1.54, 1.807) is 12.3 Å². The third-order valence-electron chi connectivity index (χ3n) is 6.77. The first-order valence-electron chi connectivity index (χ1n) is 11.4. The third-order valence-corrected chi connectivity index (χ3v) is 7.88. The van der Waals surface area contributed by atoms with Crippen molar-refractivity contribution in [1.82, 2.24) is 25.4 Å². The number of amidine groups is 1. The van der Waals surface area contributed by atoms with Gasteiger partial charge in [0.2, 0.25) is 0 Å². The number of methoxy groups -OCH3 is 1. The van der Waals surface area contributed by atoms with Gasteiger partial charge >= 0.3 is 5.97 Å². The van der Waals surface area contributed by atoms with Gasteiger partial charge in [-0.1, -0.05) is 17.7 Å². The molecule has 5 heterocycles. The van der Waals surface area contributed by atoms with Crippen molar-refractivity contribution in [3.63, 3.8) is 0 Å². The zero-order valence-corrected chi connectivity index (χ0v) is 20.8. The van der Waals surface area contributed by atoms with Crippen molar-refractivity contribution >= 4 is 34.7 Å². The first-order chi connectivity index (χ1) is 17.5. The van der Waals surface area contributed by atoms with E-state index in [9.17, 15) is 9.18 Å². The molecule has 3 aliphatic heterocycles. The molecule has 2 bridgehead atoms. The number of hydrogen-bond acceptors (Lipinski definition) is 9. The second-order valence-electron chi connectivity index (χ2n) is 8.78. The number of aromatic nitrogens is 3. The molecule has 0 spiro atoms. The van der Waals surface area contributed by atoms with Crippen LogP contribution in [0.5, 0.6) is 0 Å². The van der Waals surface area contributed by atoms with E-state index in [-0.39, 0.29) is 17.1 Å². The predicted molar refractivity (Wildman–Crippen MR) is 131 cm³/mol. The molecular weight excluding hydrogens is 507 g/mol. The molecule has 1 saturated heterocycles. The maximum atomic E-state index is 13.9. The summed E-state index contributed by atoms with van der Waals surface area (Å²) in [5.74, 6) is -0.490. The Morgan fingerprint density at radius 1 is 1.36 bits per heavy atom. The van der Waals surface area contributed by atoms with Gasteiger partial charge in [0.05, 0.1) is 38.1 Å². The monoisotopic (exact) mass is 528 g/mol. The van der Waals surface area contributed by atoms with Crippen LogP contribution in [0.15, 0.2) is 52.2 Å². The number of morpholine rings is 1. The summed E-state index contributed by atoms with van der Waals surface area (Å²) in [6, 6.07) is 3.36. The van der Waals surface area contributed by atoms with E-state index < -0.39 is 17.8 Å². The average Bonchev–Trinajstić information content (AvgIpc) is 3.56. The van der Waals surface area contributed by atoms with Gasteiger partial charge in [0.15, 0.2) is 10.8 Å². The van der Waals surface area contributed by atoms with E-state index in [4.69, 9.17) is 26.1 Å². The fourth-order valence-electron chi connectivity index (χ4n) is 5.10. The Morgan fingerprint density at radius 2 is 2.25 bits per heavy atom. The van der Waals surface area contributed by atoms with Crippen LogP contribution in [-0.2, 0) is 20.7 Å². The smallest absolute Gasteiger partial charge is 0.338 e. The lowest BCUT2D eigenvalue weighted by atomic mass is 9.90. The number of halogens is 2. The van der Waals surface area contributed by atoms with E-state index in [0.29, 0.717) is 47.4 Å². The van der Waals surface area contributed by atoms with Gasteiger partial charge in [0.25, 0.3) is 0 Å². The molecule has 1 fully saturated rings. The number of benzene rings is 1. The van der Waals surface area contributed by atoms with E-state index in [1.165, 1.54) is 30.6 Å². The fourth-order valence-corrected chi connectivity index (χ4v) is 5.96. The van der Waals surface area contributed by atoms with Gasteiger partial charge in [-0.3, -0.25) is 15.0 Å². The summed E-state index contributed by atoms with van der Waals surface area (Å²) in [6.07, 6.45) is 4.29. The van der Waals surface area contributed by atoms with Crippen LogP contribution in [-0.4, -0.2) is 64.8 Å². The number of nitrogens with one attached hydrogen (secondary N) is 2. The summed E-state index contributed by atoms with van der Waals surface area (Å²) in [4.78, 5) is 24.7. The van der Waals surface area contributed by atoms with Gasteiger partial charge in [-0.05, 0) is 12.1 Å². The molecule has 6 rings (SSSR count). The Balaban J connectivity index is 1.46. The number of carbonyl (C=O) groups is 1. The second-order valence-corrected chi connectivity index (χ2v) is 10.1. The summed E-state index contributed by atoms with van der Waals surface area (Å²) in [6.45, 7) is 1.49. The highest BCUT2D eigenvalue weighted by atomic mass is 35.5. The highest BCUT2D eigenvalue weighted by Crippen LogP contribution is 2.40. The van der Waals surface area contributed by atoms with Crippen LogP contribution in [0.4, 0.5) is 4.39 Å². The van der Waals surface area contributed by atoms with Crippen LogP contribution in [0.2, 0.25) is 5.02 Å². The minimum absolute atomic E-state index is 0.0190. The van der Waals surface area contributed by atoms with E-state index in [2.05, 4.69) is 25.4 Å². The molecule has 0 saturated carbocycles. The Hall–Kier alpha value is -3.12. The van der Waals surface area contributed by atoms with Gasteiger partial charge in [-0.2, -0.15) is 5.10 Å². The zero-order valence-electron chi connectivity index (χ0n) is 19.2. The summed E-state index contributed by atoms with van der Waals surface area (Å²) < 4.78 is 24.9. The Morgan fingerprint density at radius 3 is 3.03 bits per heavy atom. The molecule has 0 amide bonds. The number of hydrogen-bond donors (Lipinski definition) is 2. The van der Waals surface area contributed by atoms with Gasteiger partial charge in [0.1, 0.15) is 11.9 Å². The van der Waals surface area contributed by atoms with Crippen molar-refractivity contribution < 1.29 is 18.7 Å². The van der Waals surface area contributed by atoms with Crippen molar-refractivity contribution in [1.29, 1.82) is 0 Å². The molecule has 2 N–H and O–H groups in total. The molecule has 1 aromatic carbocycles. The Bertz CT molecular complexity index is 1370. The maximum absolute atomic E-state index is 13.9. The van der Waals surface area contributed by atoms with Crippen LogP contribution in [0, 0.1) is 5.82 Å². The predicted octanol–water partition coefficient (Wildman–Crippen LogP) is 3.18. The number of thiazole rings is 1. The number of aromatic amines is 1. The average molecular weight is 529 g/mol. The molecule has 0 radical (unpaired) electrons. The highest BCUT2D eigenvalue weighted by molar-refractivity contribution is 7.11. The molecule has 0 aliphatic carbocycles. The van der Waals surface area contributed by atoms with Crippen molar-refractivity contribution in [2.45, 2.75) is 24.5 Å². The lowest BCUT2D eigenvalue weighted by Gasteiger charge is -2.46. The van der Waals surface area contributed by atoms with Crippen LogP contribution < -0.4 is 5.32 Å². The standard InChI is InChI=1S/C24H22ClFN6O3S/c1-34-24(33)20-18(9-32-13-7-17-15(8-28-31-17)19(32)11-35-10-13)29-22(23-27-4-5-36-23)30-21(20)14-3-2-12(26)6-16(14)25/h2-6,8,13,19,21H,7,9-11H2,1H3,(H,28,31)(H,29,30). The van der Waals surface area contributed by atoms with Crippen molar-refractivity contribution in [2.24, 2.45) is 4.99 Å². The number of carbonyl (C=O) groups excluding carboxylic acids is 1. The van der Waals surface area contributed by atoms with Crippen molar-refractivity contribution in [2.75, 3.05) is 26.9 Å². The number of esters is 1. The van der Waals surface area contributed by atoms with Gasteiger partial charge < -0.3 is 14.8 Å². The van der Waals surface area contributed by atoms with Crippen molar-refractivity contribution in [3.05, 3.63) is 79.9 Å². The van der Waals surface area contributed by atoms with E-state index >= 15 is 0 Å². The summed E-state index contributed by atoms with van der Waals surface area (Å²) in [5, 5.41) is 13.4. The SMILES string of the molecule is COC(=O)C1=C(CN2C3COCC2c2cn[nH]c2C3)NC(c2nccs2)=NC1c1ccc(F)cc1Cl. The Labute approximate surface area is 215 Å². The van der Waals surface area contributed by atoms with Crippen molar-refractivity contribution in [3.8, 4) is 0 Å². The number of ether oxygens (including phenoxy) is 2. The molecule has 3 atom stereocenters. The first kappa shape index (κ1) is 23.3. The third kappa shape index (κ3) is 4.01. The van der Waals surface area contributed by atoms with Gasteiger partial charge in [0, 0.05) is 58.1 Å². The number of aliphatic imine (C=N–C) groups is 1. The maximum Gasteiger partial charge on any atom is 0.338 e. The normalized spacial score (nSPS) is 23.6. The number of H-pyrrole nitrogens is 1. The molecule has 3 aromatic rings. The molecule has 12 heteroatoms. The van der Waals surface area contributed by atoms with Gasteiger partial charge in [-0.25, -0.2) is 14.2 Å². The number of fused-ring (bicyclic) bond motifs is 4. The molecule has 36 heavy (non-hydrogen) atoms. The molecule has 3 unspecified atom stereocenters. The quantitative estimate of drug-likeness (QED) is 0.490. The number of rotatable bonds is 5. The minimum Gasteiger partial charge on any atom is -0.466 e. The van der Waals surface area contributed by atoms with Crippen LogP contribution in [0.1, 0.15) is 33.9 Å². The molecule has 186 valence electrons. The number of nitrogens with zero attached hydrogens (tertiary/aromatic N) is 4.